The number of aryl methyl sites for hydroxylation is 2. The Labute approximate surface area is 151 Å². The maximum atomic E-state index is 12.6. The van der Waals surface area contributed by atoms with Crippen molar-refractivity contribution in [2.45, 2.75) is 26.3 Å². The first kappa shape index (κ1) is 17.8. The van der Waals surface area contributed by atoms with E-state index in [9.17, 15) is 14.7 Å². The van der Waals surface area contributed by atoms with Crippen molar-refractivity contribution in [3.63, 3.8) is 0 Å². The second-order valence-electron chi connectivity index (χ2n) is 6.38. The SMILES string of the molecule is Cc1cc(C)cc(C(NC(=O)c2ccc3c(c2)OCCCO3)C(=O)O)c1. The van der Waals surface area contributed by atoms with Crippen molar-refractivity contribution in [2.75, 3.05) is 13.2 Å². The second kappa shape index (κ2) is 7.47. The molecule has 6 nitrogen and oxygen atoms in total. The minimum atomic E-state index is -1.13. The highest BCUT2D eigenvalue weighted by atomic mass is 16.5. The van der Waals surface area contributed by atoms with Crippen LogP contribution in [0.4, 0.5) is 0 Å². The van der Waals surface area contributed by atoms with Gasteiger partial charge in [-0.05, 0) is 37.6 Å². The van der Waals surface area contributed by atoms with Crippen molar-refractivity contribution < 1.29 is 24.2 Å². The molecule has 136 valence electrons. The van der Waals surface area contributed by atoms with Crippen LogP contribution in [-0.4, -0.2) is 30.2 Å². The maximum Gasteiger partial charge on any atom is 0.330 e. The Morgan fingerprint density at radius 3 is 2.31 bits per heavy atom. The van der Waals surface area contributed by atoms with Crippen LogP contribution in [0.25, 0.3) is 0 Å². The van der Waals surface area contributed by atoms with Gasteiger partial charge in [-0.3, -0.25) is 4.79 Å². The van der Waals surface area contributed by atoms with E-state index in [0.29, 0.717) is 35.8 Å². The Balaban J connectivity index is 1.84. The lowest BCUT2D eigenvalue weighted by Crippen LogP contribution is -2.33. The number of nitrogens with one attached hydrogen (secondary N) is 1. The van der Waals surface area contributed by atoms with E-state index < -0.39 is 17.9 Å². The minimum Gasteiger partial charge on any atom is -0.490 e. The maximum absolute atomic E-state index is 12.6. The zero-order chi connectivity index (χ0) is 18.7. The molecule has 0 aliphatic carbocycles. The van der Waals surface area contributed by atoms with Crippen LogP contribution in [0.5, 0.6) is 11.5 Å². The normalized spacial score (nSPS) is 14.2. The van der Waals surface area contributed by atoms with E-state index in [2.05, 4.69) is 5.32 Å². The largest absolute Gasteiger partial charge is 0.490 e. The quantitative estimate of drug-likeness (QED) is 0.881. The third-order valence-electron chi connectivity index (χ3n) is 4.11. The Morgan fingerprint density at radius 1 is 1.00 bits per heavy atom. The molecule has 2 aromatic rings. The lowest BCUT2D eigenvalue weighted by molar-refractivity contribution is -0.139. The highest BCUT2D eigenvalue weighted by molar-refractivity contribution is 5.97. The second-order valence-corrected chi connectivity index (χ2v) is 6.38. The Morgan fingerprint density at radius 2 is 1.65 bits per heavy atom. The van der Waals surface area contributed by atoms with Crippen LogP contribution in [0, 0.1) is 13.8 Å². The van der Waals surface area contributed by atoms with Gasteiger partial charge in [-0.15, -0.1) is 0 Å². The number of carbonyl (C=O) groups is 2. The molecule has 0 spiro atoms. The van der Waals surface area contributed by atoms with Gasteiger partial charge in [-0.2, -0.15) is 0 Å². The molecule has 1 aliphatic heterocycles. The summed E-state index contributed by atoms with van der Waals surface area (Å²) in [4.78, 5) is 24.3. The van der Waals surface area contributed by atoms with Gasteiger partial charge in [0.05, 0.1) is 13.2 Å². The molecule has 1 unspecified atom stereocenters. The van der Waals surface area contributed by atoms with Crippen molar-refractivity contribution in [3.05, 3.63) is 58.7 Å². The van der Waals surface area contributed by atoms with Crippen LogP contribution >= 0.6 is 0 Å². The van der Waals surface area contributed by atoms with Gasteiger partial charge in [0.25, 0.3) is 5.91 Å². The van der Waals surface area contributed by atoms with E-state index in [1.165, 1.54) is 0 Å². The predicted octanol–water partition coefficient (Wildman–Crippen LogP) is 3.02. The van der Waals surface area contributed by atoms with E-state index in [-0.39, 0.29) is 0 Å². The van der Waals surface area contributed by atoms with Gasteiger partial charge in [0.15, 0.2) is 17.5 Å². The number of ether oxygens (including phenoxy) is 2. The summed E-state index contributed by atoms with van der Waals surface area (Å²) in [6, 6.07) is 9.20. The molecule has 1 amide bonds. The number of rotatable bonds is 4. The predicted molar refractivity (Wildman–Crippen MR) is 95.8 cm³/mol. The zero-order valence-corrected chi connectivity index (χ0v) is 14.7. The molecule has 6 heteroatoms. The molecule has 0 saturated heterocycles. The smallest absolute Gasteiger partial charge is 0.330 e. The fourth-order valence-electron chi connectivity index (χ4n) is 2.98. The van der Waals surface area contributed by atoms with E-state index in [1.807, 2.05) is 19.9 Å². The first-order valence-electron chi connectivity index (χ1n) is 8.45. The molecule has 1 heterocycles. The summed E-state index contributed by atoms with van der Waals surface area (Å²) >= 11 is 0. The highest BCUT2D eigenvalue weighted by Crippen LogP contribution is 2.30. The van der Waals surface area contributed by atoms with Crippen LogP contribution < -0.4 is 14.8 Å². The van der Waals surface area contributed by atoms with Gasteiger partial charge in [0.1, 0.15) is 0 Å². The van der Waals surface area contributed by atoms with Gasteiger partial charge < -0.3 is 19.9 Å². The van der Waals surface area contributed by atoms with Gasteiger partial charge in [-0.1, -0.05) is 29.3 Å². The van der Waals surface area contributed by atoms with Crippen LogP contribution in [-0.2, 0) is 4.79 Å². The summed E-state index contributed by atoms with van der Waals surface area (Å²) in [5.74, 6) is -0.513. The molecular weight excluding hydrogens is 334 g/mol. The Bertz CT molecular complexity index is 826. The number of amides is 1. The van der Waals surface area contributed by atoms with E-state index >= 15 is 0 Å². The molecule has 3 rings (SSSR count). The first-order chi connectivity index (χ1) is 12.4. The van der Waals surface area contributed by atoms with E-state index in [1.54, 1.807) is 30.3 Å². The lowest BCUT2D eigenvalue weighted by Gasteiger charge is -2.17. The van der Waals surface area contributed by atoms with Crippen molar-refractivity contribution in [1.82, 2.24) is 5.32 Å². The van der Waals surface area contributed by atoms with E-state index in [0.717, 1.165) is 17.5 Å². The van der Waals surface area contributed by atoms with E-state index in [4.69, 9.17) is 9.47 Å². The molecule has 2 N–H and O–H groups in total. The lowest BCUT2D eigenvalue weighted by atomic mass is 10.0. The fourth-order valence-corrected chi connectivity index (χ4v) is 2.98. The van der Waals surface area contributed by atoms with Crippen molar-refractivity contribution in [3.8, 4) is 11.5 Å². The van der Waals surface area contributed by atoms with Crippen molar-refractivity contribution >= 4 is 11.9 Å². The van der Waals surface area contributed by atoms with Gasteiger partial charge in [0, 0.05) is 12.0 Å². The van der Waals surface area contributed by atoms with Gasteiger partial charge in [-0.25, -0.2) is 4.79 Å². The molecule has 0 bridgehead atoms. The number of hydrogen-bond donors (Lipinski definition) is 2. The number of fused-ring (bicyclic) bond motifs is 1. The number of hydrogen-bond acceptors (Lipinski definition) is 4. The molecule has 0 fully saturated rings. The Hall–Kier alpha value is -3.02. The first-order valence-corrected chi connectivity index (χ1v) is 8.45. The number of aliphatic carboxylic acids is 1. The van der Waals surface area contributed by atoms with Crippen molar-refractivity contribution in [1.29, 1.82) is 0 Å². The molecule has 0 radical (unpaired) electrons. The molecule has 1 atom stereocenters. The number of carbonyl (C=O) groups excluding carboxylic acids is 1. The average Bonchev–Trinajstić information content (AvgIpc) is 2.82. The molecule has 2 aromatic carbocycles. The minimum absolute atomic E-state index is 0.324. The van der Waals surface area contributed by atoms with Crippen LogP contribution in [0.3, 0.4) is 0 Å². The summed E-state index contributed by atoms with van der Waals surface area (Å²) < 4.78 is 11.1. The summed E-state index contributed by atoms with van der Waals surface area (Å²) in [6.45, 7) is 4.85. The number of benzene rings is 2. The number of carboxylic acid groups (broad SMARTS) is 1. The standard InChI is InChI=1S/C20H21NO5/c1-12-8-13(2)10-15(9-12)18(20(23)24)21-19(22)14-4-5-16-17(11-14)26-7-3-6-25-16/h4-5,8-11,18H,3,6-7H2,1-2H3,(H,21,22)(H,23,24). The van der Waals surface area contributed by atoms with Crippen LogP contribution in [0.15, 0.2) is 36.4 Å². The third kappa shape index (κ3) is 3.96. The zero-order valence-electron chi connectivity index (χ0n) is 14.7. The molecular formula is C20H21NO5. The summed E-state index contributed by atoms with van der Waals surface area (Å²) in [5, 5.41) is 12.2. The van der Waals surface area contributed by atoms with Crippen LogP contribution in [0.2, 0.25) is 0 Å². The highest BCUT2D eigenvalue weighted by Gasteiger charge is 2.24. The third-order valence-corrected chi connectivity index (χ3v) is 4.11. The summed E-state index contributed by atoms with van der Waals surface area (Å²) in [5.41, 5.74) is 2.75. The molecule has 1 aliphatic rings. The molecule has 0 saturated carbocycles. The monoisotopic (exact) mass is 355 g/mol. The number of carboxylic acids is 1. The Kier molecular flexibility index (Phi) is 5.11. The molecule has 0 aromatic heterocycles. The molecule has 26 heavy (non-hydrogen) atoms. The topological polar surface area (TPSA) is 84.9 Å². The summed E-state index contributed by atoms with van der Waals surface area (Å²) in [6.07, 6.45) is 0.768. The van der Waals surface area contributed by atoms with Gasteiger partial charge in [0.2, 0.25) is 0 Å². The van der Waals surface area contributed by atoms with Crippen molar-refractivity contribution in [2.24, 2.45) is 0 Å². The average molecular weight is 355 g/mol. The van der Waals surface area contributed by atoms with Gasteiger partial charge >= 0.3 is 5.97 Å². The summed E-state index contributed by atoms with van der Waals surface area (Å²) in [7, 11) is 0. The van der Waals surface area contributed by atoms with Crippen LogP contribution in [0.1, 0.15) is 39.5 Å². The fraction of sp³-hybridized carbons (Fsp3) is 0.300.